The van der Waals surface area contributed by atoms with Crippen molar-refractivity contribution >= 4 is 17.2 Å². The van der Waals surface area contributed by atoms with Crippen LogP contribution in [0.15, 0.2) is 47.2 Å². The zero-order chi connectivity index (χ0) is 18.5. The minimum atomic E-state index is 0.0216. The van der Waals surface area contributed by atoms with E-state index in [9.17, 15) is 4.79 Å². The number of hydrogen-bond donors (Lipinski definition) is 0. The molecule has 0 atom stereocenters. The molecule has 0 N–H and O–H groups in total. The van der Waals surface area contributed by atoms with E-state index in [4.69, 9.17) is 0 Å². The molecule has 0 saturated heterocycles. The van der Waals surface area contributed by atoms with E-state index >= 15 is 0 Å². The third kappa shape index (κ3) is 4.35. The van der Waals surface area contributed by atoms with Gasteiger partial charge in [0.15, 0.2) is 0 Å². The van der Waals surface area contributed by atoms with Crippen LogP contribution in [0.3, 0.4) is 0 Å². The molecule has 5 heteroatoms. The van der Waals surface area contributed by atoms with E-state index in [0.717, 1.165) is 41.2 Å². The molecule has 2 aromatic heterocycles. The minimum absolute atomic E-state index is 0.0216. The van der Waals surface area contributed by atoms with E-state index in [1.54, 1.807) is 16.2 Å². The first-order valence-electron chi connectivity index (χ1n) is 8.78. The summed E-state index contributed by atoms with van der Waals surface area (Å²) in [6, 6.07) is 11.8. The molecule has 0 bridgehead atoms. The molecular formula is C21H23N3OS. The van der Waals surface area contributed by atoms with Crippen molar-refractivity contribution in [1.29, 1.82) is 0 Å². The number of aromatic nitrogens is 2. The van der Waals surface area contributed by atoms with Crippen molar-refractivity contribution < 1.29 is 4.79 Å². The van der Waals surface area contributed by atoms with Crippen LogP contribution in [0.2, 0.25) is 0 Å². The summed E-state index contributed by atoms with van der Waals surface area (Å²) in [5.41, 5.74) is 4.82. The van der Waals surface area contributed by atoms with E-state index in [0.29, 0.717) is 12.1 Å². The summed E-state index contributed by atoms with van der Waals surface area (Å²) in [7, 11) is 1.83. The van der Waals surface area contributed by atoms with Crippen LogP contribution < -0.4 is 0 Å². The number of carbonyl (C=O) groups is 1. The lowest BCUT2D eigenvalue weighted by Gasteiger charge is -2.16. The highest BCUT2D eigenvalue weighted by molar-refractivity contribution is 7.07. The molecule has 0 fully saturated rings. The van der Waals surface area contributed by atoms with E-state index in [-0.39, 0.29) is 5.91 Å². The van der Waals surface area contributed by atoms with Gasteiger partial charge in [-0.3, -0.25) is 4.79 Å². The van der Waals surface area contributed by atoms with E-state index in [1.165, 1.54) is 0 Å². The maximum Gasteiger partial charge on any atom is 0.253 e. The van der Waals surface area contributed by atoms with Crippen molar-refractivity contribution in [3.8, 4) is 11.3 Å². The number of benzene rings is 1. The first kappa shape index (κ1) is 18.3. The molecule has 3 rings (SSSR count). The van der Waals surface area contributed by atoms with Crippen LogP contribution in [0.1, 0.15) is 40.8 Å². The number of rotatable bonds is 6. The third-order valence-corrected chi connectivity index (χ3v) is 4.90. The topological polar surface area (TPSA) is 46.1 Å². The van der Waals surface area contributed by atoms with Gasteiger partial charge in [-0.1, -0.05) is 25.5 Å². The Kier molecular flexibility index (Phi) is 5.78. The fourth-order valence-electron chi connectivity index (χ4n) is 2.89. The van der Waals surface area contributed by atoms with Crippen LogP contribution in [-0.4, -0.2) is 27.8 Å². The predicted molar refractivity (Wildman–Crippen MR) is 106 cm³/mol. The Morgan fingerprint density at radius 2 is 1.92 bits per heavy atom. The zero-order valence-corrected chi connectivity index (χ0v) is 16.2. The SMILES string of the molecule is CCCc1cc(-c2ccc(C(=O)N(C)Cc3ccsc3)cc2)nc(C)n1. The highest BCUT2D eigenvalue weighted by atomic mass is 32.1. The number of thiophene rings is 1. The van der Waals surface area contributed by atoms with E-state index < -0.39 is 0 Å². The molecule has 134 valence electrons. The second-order valence-electron chi connectivity index (χ2n) is 6.41. The van der Waals surface area contributed by atoms with Crippen LogP contribution in [0.4, 0.5) is 0 Å². The molecule has 0 aliphatic carbocycles. The van der Waals surface area contributed by atoms with E-state index in [1.807, 2.05) is 55.7 Å². The highest BCUT2D eigenvalue weighted by Gasteiger charge is 2.13. The smallest absolute Gasteiger partial charge is 0.253 e. The van der Waals surface area contributed by atoms with Gasteiger partial charge in [-0.05, 0) is 53.9 Å². The standard InChI is InChI=1S/C21H23N3OS/c1-4-5-19-12-20(23-15(2)22-19)17-6-8-18(9-7-17)21(25)24(3)13-16-10-11-26-14-16/h6-12,14H,4-5,13H2,1-3H3. The second-order valence-corrected chi connectivity index (χ2v) is 7.19. The number of nitrogens with zero attached hydrogens (tertiary/aromatic N) is 3. The first-order valence-corrected chi connectivity index (χ1v) is 9.72. The van der Waals surface area contributed by atoms with Gasteiger partial charge in [0.25, 0.3) is 5.91 Å². The van der Waals surface area contributed by atoms with Crippen LogP contribution in [0, 0.1) is 6.92 Å². The highest BCUT2D eigenvalue weighted by Crippen LogP contribution is 2.20. The largest absolute Gasteiger partial charge is 0.337 e. The molecule has 2 heterocycles. The number of carbonyl (C=O) groups excluding carboxylic acids is 1. The quantitative estimate of drug-likeness (QED) is 0.634. The molecule has 0 radical (unpaired) electrons. The molecule has 0 unspecified atom stereocenters. The van der Waals surface area contributed by atoms with Crippen LogP contribution >= 0.6 is 11.3 Å². The fourth-order valence-corrected chi connectivity index (χ4v) is 3.55. The Bertz CT molecular complexity index is 873. The Morgan fingerprint density at radius 3 is 2.58 bits per heavy atom. The van der Waals surface area contributed by atoms with Gasteiger partial charge < -0.3 is 4.90 Å². The molecule has 26 heavy (non-hydrogen) atoms. The summed E-state index contributed by atoms with van der Waals surface area (Å²) in [5.74, 6) is 0.801. The summed E-state index contributed by atoms with van der Waals surface area (Å²) in [6.07, 6.45) is 2.00. The van der Waals surface area contributed by atoms with Crippen LogP contribution in [0.25, 0.3) is 11.3 Å². The maximum atomic E-state index is 12.6. The van der Waals surface area contributed by atoms with Gasteiger partial charge in [0.2, 0.25) is 0 Å². The molecule has 1 amide bonds. The molecule has 1 aromatic carbocycles. The third-order valence-electron chi connectivity index (χ3n) is 4.17. The Balaban J connectivity index is 1.77. The number of aryl methyl sites for hydroxylation is 2. The summed E-state index contributed by atoms with van der Waals surface area (Å²) < 4.78 is 0. The fraction of sp³-hybridized carbons (Fsp3) is 0.286. The van der Waals surface area contributed by atoms with Crippen LogP contribution in [0.5, 0.6) is 0 Å². The van der Waals surface area contributed by atoms with Gasteiger partial charge >= 0.3 is 0 Å². The lowest BCUT2D eigenvalue weighted by molar-refractivity contribution is 0.0785. The Labute approximate surface area is 158 Å². The first-order chi connectivity index (χ1) is 12.6. The normalized spacial score (nSPS) is 10.7. The number of hydrogen-bond acceptors (Lipinski definition) is 4. The molecular weight excluding hydrogens is 342 g/mol. The predicted octanol–water partition coefficient (Wildman–Crippen LogP) is 4.74. The van der Waals surface area contributed by atoms with Crippen molar-refractivity contribution in [2.45, 2.75) is 33.2 Å². The van der Waals surface area contributed by atoms with Crippen molar-refractivity contribution in [3.05, 3.63) is 69.8 Å². The zero-order valence-electron chi connectivity index (χ0n) is 15.4. The molecule has 4 nitrogen and oxygen atoms in total. The van der Waals surface area contributed by atoms with Crippen molar-refractivity contribution in [2.75, 3.05) is 7.05 Å². The average Bonchev–Trinajstić information content (AvgIpc) is 3.14. The lowest BCUT2D eigenvalue weighted by atomic mass is 10.1. The molecule has 0 aliphatic rings. The van der Waals surface area contributed by atoms with Crippen molar-refractivity contribution in [3.63, 3.8) is 0 Å². The Morgan fingerprint density at radius 1 is 1.15 bits per heavy atom. The van der Waals surface area contributed by atoms with Crippen molar-refractivity contribution in [2.24, 2.45) is 0 Å². The lowest BCUT2D eigenvalue weighted by Crippen LogP contribution is -2.25. The average molecular weight is 366 g/mol. The van der Waals surface area contributed by atoms with Gasteiger partial charge in [0, 0.05) is 30.4 Å². The summed E-state index contributed by atoms with van der Waals surface area (Å²) in [6.45, 7) is 4.68. The van der Waals surface area contributed by atoms with Gasteiger partial charge in [-0.25, -0.2) is 9.97 Å². The summed E-state index contributed by atoms with van der Waals surface area (Å²) in [5, 5.41) is 4.09. The summed E-state index contributed by atoms with van der Waals surface area (Å²) >= 11 is 1.64. The van der Waals surface area contributed by atoms with Crippen LogP contribution in [-0.2, 0) is 13.0 Å². The van der Waals surface area contributed by atoms with Crippen molar-refractivity contribution in [1.82, 2.24) is 14.9 Å². The monoisotopic (exact) mass is 365 g/mol. The number of amides is 1. The molecule has 0 aliphatic heterocycles. The van der Waals surface area contributed by atoms with Gasteiger partial charge in [-0.2, -0.15) is 11.3 Å². The second kappa shape index (κ2) is 8.23. The molecule has 0 spiro atoms. The molecule has 3 aromatic rings. The van der Waals surface area contributed by atoms with Gasteiger partial charge in [0.05, 0.1) is 5.69 Å². The van der Waals surface area contributed by atoms with Gasteiger partial charge in [0.1, 0.15) is 5.82 Å². The summed E-state index contributed by atoms with van der Waals surface area (Å²) in [4.78, 5) is 23.4. The van der Waals surface area contributed by atoms with Gasteiger partial charge in [-0.15, -0.1) is 0 Å². The maximum absolute atomic E-state index is 12.6. The Hall–Kier alpha value is -2.53. The molecule has 0 saturated carbocycles. The van der Waals surface area contributed by atoms with E-state index in [2.05, 4.69) is 22.3 Å². The minimum Gasteiger partial charge on any atom is -0.337 e.